The fourth-order valence-corrected chi connectivity index (χ4v) is 3.81. The molecule has 27 heavy (non-hydrogen) atoms. The zero-order valence-electron chi connectivity index (χ0n) is 16.0. The minimum Gasteiger partial charge on any atom is -0.463 e. The van der Waals surface area contributed by atoms with Gasteiger partial charge in [0.15, 0.2) is 5.57 Å². The fraction of sp³-hybridized carbons (Fsp3) is 0.600. The van der Waals surface area contributed by atoms with Gasteiger partial charge in [-0.1, -0.05) is 6.92 Å². The van der Waals surface area contributed by atoms with Crippen LogP contribution in [0.15, 0.2) is 27.9 Å². The molecule has 0 aliphatic carbocycles. The number of hydrogen-bond donors (Lipinski definition) is 2. The van der Waals surface area contributed by atoms with Gasteiger partial charge in [0.2, 0.25) is 0 Å². The molecule has 3 rings (SSSR count). The highest BCUT2D eigenvalue weighted by atomic mass is 16.3. The lowest BCUT2D eigenvalue weighted by molar-refractivity contribution is 0.164. The van der Waals surface area contributed by atoms with Crippen molar-refractivity contribution in [1.29, 1.82) is 10.5 Å². The Morgan fingerprint density at radius 3 is 2.89 bits per heavy atom. The summed E-state index contributed by atoms with van der Waals surface area (Å²) < 4.78 is 5.96. The number of furan rings is 1. The third-order valence-corrected chi connectivity index (χ3v) is 5.15. The van der Waals surface area contributed by atoms with Gasteiger partial charge in [-0.15, -0.1) is 0 Å². The van der Waals surface area contributed by atoms with E-state index in [1.54, 1.807) is 0 Å². The lowest BCUT2D eigenvalue weighted by atomic mass is 10.0. The molecule has 2 fully saturated rings. The van der Waals surface area contributed by atoms with E-state index in [4.69, 9.17) is 14.9 Å². The van der Waals surface area contributed by atoms with Gasteiger partial charge in [-0.3, -0.25) is 4.90 Å². The van der Waals surface area contributed by atoms with Crippen LogP contribution in [0.25, 0.3) is 0 Å². The highest BCUT2D eigenvalue weighted by molar-refractivity contribution is 5.39. The molecule has 0 radical (unpaired) electrons. The van der Waals surface area contributed by atoms with Crippen molar-refractivity contribution in [3.63, 3.8) is 0 Å². The van der Waals surface area contributed by atoms with Crippen molar-refractivity contribution in [3.05, 3.63) is 35.0 Å². The maximum atomic E-state index is 9.03. The largest absolute Gasteiger partial charge is 0.463 e. The van der Waals surface area contributed by atoms with Crippen molar-refractivity contribution >= 4 is 0 Å². The molecule has 1 unspecified atom stereocenters. The monoisotopic (exact) mass is 368 g/mol. The first-order valence-corrected chi connectivity index (χ1v) is 9.73. The Labute approximate surface area is 161 Å². The summed E-state index contributed by atoms with van der Waals surface area (Å²) in [6.07, 6.45) is 2.61. The van der Waals surface area contributed by atoms with E-state index < -0.39 is 0 Å². The standard InChI is InChI=1S/C20H28N6O/c1-16-3-2-8-25(14-16)15-19-5-4-18(27-19)13-23-6-9-26-10-7-24-20(26)17(11-21)12-22/h4-5,16,23-24H,2-3,6-10,13-15H2,1H3. The van der Waals surface area contributed by atoms with Crippen LogP contribution < -0.4 is 10.6 Å². The van der Waals surface area contributed by atoms with Crippen molar-refractivity contribution in [2.75, 3.05) is 39.3 Å². The van der Waals surface area contributed by atoms with Gasteiger partial charge in [0.05, 0.1) is 13.1 Å². The first-order chi connectivity index (χ1) is 13.2. The van der Waals surface area contributed by atoms with E-state index in [-0.39, 0.29) is 5.57 Å². The third-order valence-electron chi connectivity index (χ3n) is 5.15. The summed E-state index contributed by atoms with van der Waals surface area (Å²) in [6.45, 7) is 9.28. The summed E-state index contributed by atoms with van der Waals surface area (Å²) in [5.41, 5.74) is 0.148. The average molecular weight is 368 g/mol. The van der Waals surface area contributed by atoms with Gasteiger partial charge in [0, 0.05) is 32.7 Å². The molecule has 0 bridgehead atoms. The lowest BCUT2D eigenvalue weighted by Gasteiger charge is -2.29. The van der Waals surface area contributed by atoms with Crippen LogP contribution in [-0.4, -0.2) is 49.1 Å². The van der Waals surface area contributed by atoms with Crippen molar-refractivity contribution in [2.45, 2.75) is 32.9 Å². The molecular weight excluding hydrogens is 340 g/mol. The van der Waals surface area contributed by atoms with Gasteiger partial charge < -0.3 is 20.0 Å². The van der Waals surface area contributed by atoms with E-state index in [2.05, 4.69) is 28.5 Å². The van der Waals surface area contributed by atoms with Crippen molar-refractivity contribution in [2.24, 2.45) is 5.92 Å². The molecule has 7 nitrogen and oxygen atoms in total. The quantitative estimate of drug-likeness (QED) is 0.560. The molecule has 144 valence electrons. The summed E-state index contributed by atoms with van der Waals surface area (Å²) in [5, 5.41) is 24.6. The summed E-state index contributed by atoms with van der Waals surface area (Å²) in [6, 6.07) is 8.03. The minimum absolute atomic E-state index is 0.148. The summed E-state index contributed by atoms with van der Waals surface area (Å²) >= 11 is 0. The molecule has 2 N–H and O–H groups in total. The van der Waals surface area contributed by atoms with Gasteiger partial charge in [0.25, 0.3) is 0 Å². The Balaban J connectivity index is 1.41. The number of hydrogen-bond acceptors (Lipinski definition) is 7. The number of nitriles is 2. The number of piperidine rings is 1. The predicted octanol–water partition coefficient (Wildman–Crippen LogP) is 1.77. The molecular formula is C20H28N6O. The van der Waals surface area contributed by atoms with Crippen LogP contribution in [0.3, 0.4) is 0 Å². The van der Waals surface area contributed by atoms with Crippen LogP contribution in [0.2, 0.25) is 0 Å². The molecule has 0 spiro atoms. The lowest BCUT2D eigenvalue weighted by Crippen LogP contribution is -2.33. The van der Waals surface area contributed by atoms with E-state index in [0.717, 1.165) is 63.3 Å². The second-order valence-corrected chi connectivity index (χ2v) is 7.39. The maximum absolute atomic E-state index is 9.03. The van der Waals surface area contributed by atoms with Crippen LogP contribution in [0.4, 0.5) is 0 Å². The molecule has 1 aromatic heterocycles. The second kappa shape index (κ2) is 9.45. The van der Waals surface area contributed by atoms with E-state index in [1.807, 2.05) is 23.1 Å². The third kappa shape index (κ3) is 5.26. The van der Waals surface area contributed by atoms with Crippen LogP contribution >= 0.6 is 0 Å². The molecule has 2 saturated heterocycles. The molecule has 3 heterocycles. The number of rotatable bonds is 7. The topological polar surface area (TPSA) is 91.3 Å². The summed E-state index contributed by atoms with van der Waals surface area (Å²) in [4.78, 5) is 4.51. The van der Waals surface area contributed by atoms with Crippen LogP contribution in [0.5, 0.6) is 0 Å². The van der Waals surface area contributed by atoms with E-state index in [1.165, 1.54) is 12.8 Å². The second-order valence-electron chi connectivity index (χ2n) is 7.39. The van der Waals surface area contributed by atoms with E-state index in [0.29, 0.717) is 12.4 Å². The first-order valence-electron chi connectivity index (χ1n) is 9.73. The van der Waals surface area contributed by atoms with Gasteiger partial charge in [0.1, 0.15) is 29.5 Å². The average Bonchev–Trinajstić information content (AvgIpc) is 3.30. The Morgan fingerprint density at radius 1 is 1.30 bits per heavy atom. The molecule has 0 amide bonds. The van der Waals surface area contributed by atoms with Crippen LogP contribution in [-0.2, 0) is 13.1 Å². The minimum atomic E-state index is 0.148. The highest BCUT2D eigenvalue weighted by Crippen LogP contribution is 2.19. The Morgan fingerprint density at radius 2 is 2.11 bits per heavy atom. The highest BCUT2D eigenvalue weighted by Gasteiger charge is 2.20. The van der Waals surface area contributed by atoms with Crippen LogP contribution in [0, 0.1) is 28.6 Å². The Hall–Kier alpha value is -2.48. The molecule has 1 atom stereocenters. The Kier molecular flexibility index (Phi) is 6.75. The zero-order chi connectivity index (χ0) is 19.1. The summed E-state index contributed by atoms with van der Waals surface area (Å²) in [7, 11) is 0. The predicted molar refractivity (Wildman–Crippen MR) is 102 cm³/mol. The normalized spacial score (nSPS) is 20.2. The van der Waals surface area contributed by atoms with Gasteiger partial charge in [-0.2, -0.15) is 10.5 Å². The zero-order valence-corrected chi connectivity index (χ0v) is 16.0. The first kappa shape index (κ1) is 19.3. The number of allylic oxidation sites excluding steroid dienone is 1. The molecule has 2 aliphatic rings. The molecule has 2 aliphatic heterocycles. The summed E-state index contributed by atoms with van der Waals surface area (Å²) in [5.74, 6) is 3.40. The molecule has 0 saturated carbocycles. The van der Waals surface area contributed by atoms with Crippen LogP contribution in [0.1, 0.15) is 31.3 Å². The van der Waals surface area contributed by atoms with Crippen molar-refractivity contribution in [3.8, 4) is 12.1 Å². The molecule has 0 aromatic carbocycles. The van der Waals surface area contributed by atoms with Gasteiger partial charge in [-0.05, 0) is 37.4 Å². The van der Waals surface area contributed by atoms with Gasteiger partial charge >= 0.3 is 0 Å². The Bertz CT molecular complexity index is 724. The molecule has 1 aromatic rings. The number of nitrogens with one attached hydrogen (secondary N) is 2. The number of nitrogens with zero attached hydrogens (tertiary/aromatic N) is 4. The molecule has 7 heteroatoms. The van der Waals surface area contributed by atoms with Gasteiger partial charge in [-0.25, -0.2) is 0 Å². The fourth-order valence-electron chi connectivity index (χ4n) is 3.81. The van der Waals surface area contributed by atoms with Crippen molar-refractivity contribution < 1.29 is 4.42 Å². The smallest absolute Gasteiger partial charge is 0.169 e. The number of likely N-dealkylation sites (tertiary alicyclic amines) is 1. The SMILES string of the molecule is CC1CCCN(Cc2ccc(CNCCN3CCNC3=C(C#N)C#N)o2)C1. The van der Waals surface area contributed by atoms with Crippen molar-refractivity contribution in [1.82, 2.24) is 20.4 Å². The van der Waals surface area contributed by atoms with E-state index >= 15 is 0 Å². The van der Waals surface area contributed by atoms with E-state index in [9.17, 15) is 0 Å². The maximum Gasteiger partial charge on any atom is 0.169 e.